The van der Waals surface area contributed by atoms with Crippen LogP contribution in [0, 0.1) is 6.92 Å². The van der Waals surface area contributed by atoms with Crippen LogP contribution in [0.5, 0.6) is 0 Å². The van der Waals surface area contributed by atoms with Crippen molar-refractivity contribution in [3.05, 3.63) is 72.2 Å². The lowest BCUT2D eigenvalue weighted by Gasteiger charge is -2.07. The molecule has 0 aliphatic carbocycles. The normalized spacial score (nSPS) is 10.3. The minimum atomic E-state index is 0.678. The molecule has 0 fully saturated rings. The van der Waals surface area contributed by atoms with Crippen molar-refractivity contribution in [2.75, 3.05) is 5.32 Å². The van der Waals surface area contributed by atoms with Gasteiger partial charge < -0.3 is 5.32 Å². The Morgan fingerprint density at radius 1 is 1.00 bits per heavy atom. The molecule has 0 spiro atoms. The highest BCUT2D eigenvalue weighted by Gasteiger charge is 2.02. The molecule has 0 saturated heterocycles. The smallest absolute Gasteiger partial charge is 0.163 e. The quantitative estimate of drug-likeness (QED) is 0.793. The largest absolute Gasteiger partial charge is 0.366 e. The average Bonchev–Trinajstić information content (AvgIpc) is 2.55. The molecule has 0 radical (unpaired) electrons. The number of aryl methyl sites for hydroxylation is 1. The second kappa shape index (κ2) is 6.13. The van der Waals surface area contributed by atoms with Gasteiger partial charge in [-0.2, -0.15) is 0 Å². The van der Waals surface area contributed by atoms with E-state index in [-0.39, 0.29) is 0 Å². The molecule has 0 atom stereocenters. The Morgan fingerprint density at radius 2 is 1.86 bits per heavy atom. The van der Waals surface area contributed by atoms with E-state index in [0.717, 1.165) is 17.9 Å². The molecule has 2 heterocycles. The van der Waals surface area contributed by atoms with E-state index in [9.17, 15) is 0 Å². The Kier molecular flexibility index (Phi) is 3.87. The Bertz CT molecular complexity index is 708. The molecule has 0 amide bonds. The Labute approximate surface area is 123 Å². The van der Waals surface area contributed by atoms with Gasteiger partial charge in [0.15, 0.2) is 5.82 Å². The summed E-state index contributed by atoms with van der Waals surface area (Å²) in [5, 5.41) is 3.32. The van der Waals surface area contributed by atoms with Crippen LogP contribution in [-0.2, 0) is 6.54 Å². The van der Waals surface area contributed by atoms with Crippen LogP contribution >= 0.6 is 0 Å². The van der Waals surface area contributed by atoms with Gasteiger partial charge in [0.2, 0.25) is 0 Å². The number of nitrogens with one attached hydrogen (secondary N) is 1. The monoisotopic (exact) mass is 276 g/mol. The average molecular weight is 276 g/mol. The van der Waals surface area contributed by atoms with Crippen LogP contribution in [0.3, 0.4) is 0 Å². The van der Waals surface area contributed by atoms with E-state index >= 15 is 0 Å². The standard InChI is InChI=1S/C17H16N4/c1-13-4-6-14(7-5-13)11-20-16-8-10-19-17(21-16)15-3-2-9-18-12-15/h2-10,12H,11H2,1H3,(H,19,20,21). The van der Waals surface area contributed by atoms with Gasteiger partial charge >= 0.3 is 0 Å². The Balaban J connectivity index is 1.73. The molecule has 2 aromatic heterocycles. The second-order valence-corrected chi connectivity index (χ2v) is 4.85. The lowest BCUT2D eigenvalue weighted by atomic mass is 10.1. The van der Waals surface area contributed by atoms with Gasteiger partial charge in [-0.1, -0.05) is 29.8 Å². The third-order valence-electron chi connectivity index (χ3n) is 3.17. The van der Waals surface area contributed by atoms with Crippen molar-refractivity contribution < 1.29 is 0 Å². The van der Waals surface area contributed by atoms with Gasteiger partial charge in [0.05, 0.1) is 0 Å². The number of rotatable bonds is 4. The topological polar surface area (TPSA) is 50.7 Å². The van der Waals surface area contributed by atoms with Crippen LogP contribution < -0.4 is 5.32 Å². The molecule has 21 heavy (non-hydrogen) atoms. The van der Waals surface area contributed by atoms with Crippen molar-refractivity contribution in [1.82, 2.24) is 15.0 Å². The van der Waals surface area contributed by atoms with Gasteiger partial charge in [0, 0.05) is 30.7 Å². The van der Waals surface area contributed by atoms with Crippen LogP contribution in [0.25, 0.3) is 11.4 Å². The Hall–Kier alpha value is -2.75. The predicted molar refractivity (Wildman–Crippen MR) is 83.8 cm³/mol. The van der Waals surface area contributed by atoms with E-state index in [4.69, 9.17) is 0 Å². The molecule has 1 N–H and O–H groups in total. The summed E-state index contributed by atoms with van der Waals surface area (Å²) in [5.41, 5.74) is 3.40. The summed E-state index contributed by atoms with van der Waals surface area (Å²) in [4.78, 5) is 12.9. The van der Waals surface area contributed by atoms with Gasteiger partial charge in [-0.15, -0.1) is 0 Å². The van der Waals surface area contributed by atoms with Crippen LogP contribution in [-0.4, -0.2) is 15.0 Å². The number of pyridine rings is 1. The van der Waals surface area contributed by atoms with E-state index in [2.05, 4.69) is 51.5 Å². The molecule has 104 valence electrons. The molecule has 4 heteroatoms. The highest BCUT2D eigenvalue weighted by Crippen LogP contribution is 2.15. The Morgan fingerprint density at radius 3 is 2.62 bits per heavy atom. The van der Waals surface area contributed by atoms with E-state index in [1.54, 1.807) is 18.6 Å². The number of hydrogen-bond acceptors (Lipinski definition) is 4. The molecular weight excluding hydrogens is 260 g/mol. The first-order chi connectivity index (χ1) is 10.3. The first-order valence-electron chi connectivity index (χ1n) is 6.84. The summed E-state index contributed by atoms with van der Waals surface area (Å²) in [7, 11) is 0. The molecule has 0 unspecified atom stereocenters. The van der Waals surface area contributed by atoms with Crippen LogP contribution in [0.4, 0.5) is 5.82 Å². The number of hydrogen-bond donors (Lipinski definition) is 1. The maximum atomic E-state index is 4.51. The number of benzene rings is 1. The maximum Gasteiger partial charge on any atom is 0.163 e. The lowest BCUT2D eigenvalue weighted by Crippen LogP contribution is -2.02. The molecule has 0 bridgehead atoms. The lowest BCUT2D eigenvalue weighted by molar-refractivity contribution is 1.08. The van der Waals surface area contributed by atoms with E-state index in [0.29, 0.717) is 5.82 Å². The fraction of sp³-hybridized carbons (Fsp3) is 0.118. The van der Waals surface area contributed by atoms with Crippen molar-refractivity contribution in [3.8, 4) is 11.4 Å². The molecule has 0 aliphatic rings. The minimum Gasteiger partial charge on any atom is -0.366 e. The zero-order chi connectivity index (χ0) is 14.5. The molecule has 3 rings (SSSR count). The van der Waals surface area contributed by atoms with Gasteiger partial charge in [-0.3, -0.25) is 4.98 Å². The maximum absolute atomic E-state index is 4.51. The highest BCUT2D eigenvalue weighted by atomic mass is 15.0. The van der Waals surface area contributed by atoms with Crippen LogP contribution in [0.15, 0.2) is 61.1 Å². The first kappa shape index (κ1) is 13.2. The van der Waals surface area contributed by atoms with Crippen molar-refractivity contribution >= 4 is 5.82 Å². The third kappa shape index (κ3) is 3.42. The zero-order valence-electron chi connectivity index (χ0n) is 11.8. The summed E-state index contributed by atoms with van der Waals surface area (Å²) in [5.74, 6) is 1.49. The number of aromatic nitrogens is 3. The van der Waals surface area contributed by atoms with Crippen LogP contribution in [0.2, 0.25) is 0 Å². The fourth-order valence-corrected chi connectivity index (χ4v) is 1.99. The first-order valence-corrected chi connectivity index (χ1v) is 6.84. The van der Waals surface area contributed by atoms with Crippen molar-refractivity contribution in [1.29, 1.82) is 0 Å². The van der Waals surface area contributed by atoms with Crippen molar-refractivity contribution in [2.45, 2.75) is 13.5 Å². The molecule has 4 nitrogen and oxygen atoms in total. The summed E-state index contributed by atoms with van der Waals surface area (Å²) in [6, 6.07) is 14.2. The highest BCUT2D eigenvalue weighted by molar-refractivity contribution is 5.55. The molecule has 0 saturated carbocycles. The molecular formula is C17H16N4. The van der Waals surface area contributed by atoms with Gasteiger partial charge in [0.1, 0.15) is 5.82 Å². The minimum absolute atomic E-state index is 0.678. The van der Waals surface area contributed by atoms with E-state index < -0.39 is 0 Å². The molecule has 3 aromatic rings. The summed E-state index contributed by atoms with van der Waals surface area (Å²) >= 11 is 0. The van der Waals surface area contributed by atoms with E-state index in [1.807, 2.05) is 18.2 Å². The summed E-state index contributed by atoms with van der Waals surface area (Å²) in [6.45, 7) is 2.82. The number of anilines is 1. The van der Waals surface area contributed by atoms with Gasteiger partial charge in [-0.05, 0) is 30.7 Å². The second-order valence-electron chi connectivity index (χ2n) is 4.85. The number of nitrogens with zero attached hydrogens (tertiary/aromatic N) is 3. The fourth-order valence-electron chi connectivity index (χ4n) is 1.99. The predicted octanol–water partition coefficient (Wildman–Crippen LogP) is 3.46. The SMILES string of the molecule is Cc1ccc(CNc2ccnc(-c3cccnc3)n2)cc1. The van der Waals surface area contributed by atoms with Crippen molar-refractivity contribution in [3.63, 3.8) is 0 Å². The molecule has 0 aliphatic heterocycles. The molecule has 1 aromatic carbocycles. The van der Waals surface area contributed by atoms with E-state index in [1.165, 1.54) is 11.1 Å². The zero-order valence-corrected chi connectivity index (χ0v) is 11.8. The van der Waals surface area contributed by atoms with Crippen molar-refractivity contribution in [2.24, 2.45) is 0 Å². The third-order valence-corrected chi connectivity index (χ3v) is 3.17. The summed E-state index contributed by atoms with van der Waals surface area (Å²) in [6.07, 6.45) is 5.26. The van der Waals surface area contributed by atoms with Gasteiger partial charge in [0.25, 0.3) is 0 Å². The van der Waals surface area contributed by atoms with Gasteiger partial charge in [-0.25, -0.2) is 9.97 Å². The van der Waals surface area contributed by atoms with Crippen LogP contribution in [0.1, 0.15) is 11.1 Å². The summed E-state index contributed by atoms with van der Waals surface area (Å²) < 4.78 is 0.